The first-order valence-electron chi connectivity index (χ1n) is 6.05. The van der Waals surface area contributed by atoms with Crippen molar-refractivity contribution in [2.75, 3.05) is 7.11 Å². The van der Waals surface area contributed by atoms with E-state index in [-0.39, 0.29) is 12.3 Å². The number of carboxylic acids is 1. The molecule has 0 saturated carbocycles. The van der Waals surface area contributed by atoms with Crippen LogP contribution in [0.4, 0.5) is 0 Å². The van der Waals surface area contributed by atoms with Crippen LogP contribution in [0, 0.1) is 0 Å². The molecule has 1 rings (SSSR count). The van der Waals surface area contributed by atoms with E-state index in [0.717, 1.165) is 11.3 Å². The molecule has 1 unspecified atom stereocenters. The lowest BCUT2D eigenvalue weighted by Gasteiger charge is -2.17. The molecular weight excluding hydrogens is 246 g/mol. The predicted octanol–water partition coefficient (Wildman–Crippen LogP) is 1.86. The highest BCUT2D eigenvalue weighted by Crippen LogP contribution is 2.31. The second-order valence-corrected chi connectivity index (χ2v) is 4.71. The molecule has 5 nitrogen and oxygen atoms in total. The quantitative estimate of drug-likeness (QED) is 0.821. The largest absolute Gasteiger partial charge is 0.496 e. The van der Waals surface area contributed by atoms with Crippen molar-refractivity contribution in [3.05, 3.63) is 29.3 Å². The Kier molecular flexibility index (Phi) is 4.92. The van der Waals surface area contributed by atoms with Gasteiger partial charge in [0.2, 0.25) is 5.91 Å². The van der Waals surface area contributed by atoms with E-state index in [4.69, 9.17) is 15.6 Å². The number of hydrogen-bond donors (Lipinski definition) is 2. The van der Waals surface area contributed by atoms with Gasteiger partial charge in [-0.25, -0.2) is 0 Å². The van der Waals surface area contributed by atoms with Gasteiger partial charge in [-0.15, -0.1) is 0 Å². The van der Waals surface area contributed by atoms with Crippen LogP contribution in [0.3, 0.4) is 0 Å². The van der Waals surface area contributed by atoms with Crippen LogP contribution in [0.5, 0.6) is 5.75 Å². The molecule has 1 aromatic rings. The van der Waals surface area contributed by atoms with Crippen molar-refractivity contribution in [1.82, 2.24) is 0 Å². The number of primary amides is 1. The summed E-state index contributed by atoms with van der Waals surface area (Å²) in [5, 5.41) is 8.84. The number of aliphatic carboxylic acids is 1. The number of amides is 1. The summed E-state index contributed by atoms with van der Waals surface area (Å²) < 4.78 is 5.25. The van der Waals surface area contributed by atoms with Gasteiger partial charge in [0.25, 0.3) is 0 Å². The van der Waals surface area contributed by atoms with E-state index in [2.05, 4.69) is 0 Å². The fourth-order valence-electron chi connectivity index (χ4n) is 1.98. The lowest BCUT2D eigenvalue weighted by molar-refractivity contribution is -0.139. The predicted molar refractivity (Wildman–Crippen MR) is 71.3 cm³/mol. The monoisotopic (exact) mass is 265 g/mol. The molecule has 3 N–H and O–H groups in total. The van der Waals surface area contributed by atoms with Crippen LogP contribution in [-0.2, 0) is 9.59 Å². The summed E-state index contributed by atoms with van der Waals surface area (Å²) in [4.78, 5) is 22.2. The molecule has 5 heteroatoms. The van der Waals surface area contributed by atoms with Gasteiger partial charge in [-0.3, -0.25) is 9.59 Å². The number of benzene rings is 1. The molecule has 0 aliphatic heterocycles. The summed E-state index contributed by atoms with van der Waals surface area (Å²) in [6.07, 6.45) is -0.306. The minimum absolute atomic E-state index is 0.202. The number of carbonyl (C=O) groups excluding carboxylic acids is 1. The molecule has 0 spiro atoms. The summed E-state index contributed by atoms with van der Waals surface area (Å²) in [7, 11) is 1.57. The molecule has 0 aliphatic rings. The Morgan fingerprint density at radius 3 is 2.42 bits per heavy atom. The lowest BCUT2D eigenvalue weighted by atomic mass is 9.90. The highest BCUT2D eigenvalue weighted by Gasteiger charge is 2.22. The number of nitrogens with two attached hydrogens (primary N) is 1. The van der Waals surface area contributed by atoms with Crippen molar-refractivity contribution in [3.8, 4) is 5.75 Å². The second kappa shape index (κ2) is 6.22. The summed E-state index contributed by atoms with van der Waals surface area (Å²) >= 11 is 0. The fourth-order valence-corrected chi connectivity index (χ4v) is 1.98. The first-order valence-corrected chi connectivity index (χ1v) is 6.05. The summed E-state index contributed by atoms with van der Waals surface area (Å²) in [5.41, 5.74) is 6.82. The zero-order valence-electron chi connectivity index (χ0n) is 11.3. The van der Waals surface area contributed by atoms with Gasteiger partial charge in [-0.2, -0.15) is 0 Å². The highest BCUT2D eigenvalue weighted by molar-refractivity contribution is 5.86. The molecule has 1 aromatic carbocycles. The summed E-state index contributed by atoms with van der Waals surface area (Å²) in [6, 6.07) is 5.22. The Bertz CT molecular complexity index is 482. The molecule has 19 heavy (non-hydrogen) atoms. The van der Waals surface area contributed by atoms with Gasteiger partial charge in [-0.1, -0.05) is 26.0 Å². The van der Waals surface area contributed by atoms with E-state index >= 15 is 0 Å². The minimum atomic E-state index is -1.05. The average Bonchev–Trinajstić information content (AvgIpc) is 2.34. The average molecular weight is 265 g/mol. The van der Waals surface area contributed by atoms with E-state index in [1.54, 1.807) is 25.3 Å². The van der Waals surface area contributed by atoms with E-state index in [9.17, 15) is 9.59 Å². The van der Waals surface area contributed by atoms with Crippen molar-refractivity contribution in [2.45, 2.75) is 32.1 Å². The highest BCUT2D eigenvalue weighted by atomic mass is 16.5. The van der Waals surface area contributed by atoms with Gasteiger partial charge in [0, 0.05) is 0 Å². The zero-order chi connectivity index (χ0) is 14.6. The summed E-state index contributed by atoms with van der Waals surface area (Å²) in [6.45, 7) is 4.00. The molecule has 0 aliphatic carbocycles. The topological polar surface area (TPSA) is 89.6 Å². The van der Waals surface area contributed by atoms with E-state index < -0.39 is 17.8 Å². The number of carboxylic acid groups (broad SMARTS) is 1. The van der Waals surface area contributed by atoms with Crippen molar-refractivity contribution in [2.24, 2.45) is 5.73 Å². The first kappa shape index (κ1) is 15.0. The molecule has 0 fully saturated rings. The first-order chi connectivity index (χ1) is 8.86. The number of rotatable bonds is 6. The van der Waals surface area contributed by atoms with Crippen LogP contribution in [0.1, 0.15) is 43.2 Å². The molecule has 0 saturated heterocycles. The molecule has 1 amide bonds. The molecular formula is C14H19NO4. The Morgan fingerprint density at radius 1 is 1.37 bits per heavy atom. The lowest BCUT2D eigenvalue weighted by Crippen LogP contribution is -2.24. The van der Waals surface area contributed by atoms with Gasteiger partial charge in [0.15, 0.2) is 0 Å². The van der Waals surface area contributed by atoms with Crippen LogP contribution in [-0.4, -0.2) is 24.1 Å². The molecule has 0 radical (unpaired) electrons. The number of hydrogen-bond acceptors (Lipinski definition) is 3. The van der Waals surface area contributed by atoms with Gasteiger partial charge in [0.1, 0.15) is 5.75 Å². The van der Waals surface area contributed by atoms with Gasteiger partial charge < -0.3 is 15.6 Å². The zero-order valence-corrected chi connectivity index (χ0v) is 11.3. The Morgan fingerprint density at radius 2 is 2.00 bits per heavy atom. The fraction of sp³-hybridized carbons (Fsp3) is 0.429. The van der Waals surface area contributed by atoms with Crippen LogP contribution < -0.4 is 10.5 Å². The van der Waals surface area contributed by atoms with Crippen molar-refractivity contribution in [3.63, 3.8) is 0 Å². The molecule has 0 heterocycles. The molecule has 0 bridgehead atoms. The maximum atomic E-state index is 11.4. The van der Waals surface area contributed by atoms with Crippen LogP contribution in [0.25, 0.3) is 0 Å². The number of ether oxygens (including phenoxy) is 1. The third kappa shape index (κ3) is 3.71. The molecule has 0 aromatic heterocycles. The van der Waals surface area contributed by atoms with Gasteiger partial charge in [0.05, 0.1) is 19.4 Å². The third-order valence-electron chi connectivity index (χ3n) is 3.00. The third-order valence-corrected chi connectivity index (χ3v) is 3.00. The van der Waals surface area contributed by atoms with Gasteiger partial charge >= 0.3 is 5.97 Å². The van der Waals surface area contributed by atoms with Crippen LogP contribution >= 0.6 is 0 Å². The number of carbonyl (C=O) groups is 2. The minimum Gasteiger partial charge on any atom is -0.496 e. The Balaban J connectivity index is 3.21. The Hall–Kier alpha value is -2.04. The second-order valence-electron chi connectivity index (χ2n) is 4.71. The smallest absolute Gasteiger partial charge is 0.304 e. The Labute approximate surface area is 112 Å². The standard InChI is InChI=1S/C14H19NO4/c1-8(2)10-6-9(4-5-12(10)19-3)11(14(15)18)7-13(16)17/h4-6,8,11H,7H2,1-3H3,(H2,15,18)(H,16,17). The molecule has 1 atom stereocenters. The van der Waals surface area contributed by atoms with Crippen molar-refractivity contribution < 1.29 is 19.4 Å². The maximum Gasteiger partial charge on any atom is 0.304 e. The van der Waals surface area contributed by atoms with Gasteiger partial charge in [-0.05, 0) is 23.1 Å². The van der Waals surface area contributed by atoms with E-state index in [1.807, 2.05) is 13.8 Å². The SMILES string of the molecule is COc1ccc(C(CC(=O)O)C(N)=O)cc1C(C)C. The normalized spacial score (nSPS) is 12.2. The van der Waals surface area contributed by atoms with E-state index in [1.165, 1.54) is 0 Å². The molecule has 104 valence electrons. The van der Waals surface area contributed by atoms with Crippen molar-refractivity contribution >= 4 is 11.9 Å². The van der Waals surface area contributed by atoms with Crippen LogP contribution in [0.2, 0.25) is 0 Å². The number of methoxy groups -OCH3 is 1. The van der Waals surface area contributed by atoms with E-state index in [0.29, 0.717) is 5.56 Å². The maximum absolute atomic E-state index is 11.4. The summed E-state index contributed by atoms with van der Waals surface area (Å²) in [5.74, 6) is -1.58. The van der Waals surface area contributed by atoms with Crippen LogP contribution in [0.15, 0.2) is 18.2 Å². The van der Waals surface area contributed by atoms with Crippen molar-refractivity contribution in [1.29, 1.82) is 0 Å².